The maximum atomic E-state index is 11.9. The lowest BCUT2D eigenvalue weighted by molar-refractivity contribution is -0.385. The van der Waals surface area contributed by atoms with Crippen LogP contribution in [-0.4, -0.2) is 23.9 Å². The van der Waals surface area contributed by atoms with Gasteiger partial charge in [-0.05, 0) is 37.5 Å². The highest BCUT2D eigenvalue weighted by molar-refractivity contribution is 5.81. The molecule has 0 saturated carbocycles. The number of hydrogen-bond donors (Lipinski definition) is 2. The Hall–Kier alpha value is -2.89. The van der Waals surface area contributed by atoms with E-state index in [9.17, 15) is 14.9 Å². The molecule has 0 atom stereocenters. The molecular weight excluding hydrogens is 306 g/mol. The van der Waals surface area contributed by atoms with Crippen LogP contribution in [0.1, 0.15) is 16.7 Å². The Morgan fingerprint density at radius 3 is 2.58 bits per heavy atom. The molecular formula is C18H21N3O3. The second-order valence-corrected chi connectivity index (χ2v) is 5.59. The van der Waals surface area contributed by atoms with E-state index in [1.54, 1.807) is 19.1 Å². The largest absolute Gasteiger partial charge is 0.376 e. The van der Waals surface area contributed by atoms with Crippen LogP contribution < -0.4 is 10.6 Å². The molecule has 2 aromatic rings. The van der Waals surface area contributed by atoms with E-state index in [1.165, 1.54) is 17.2 Å². The summed E-state index contributed by atoms with van der Waals surface area (Å²) < 4.78 is 0. The van der Waals surface area contributed by atoms with Gasteiger partial charge in [-0.15, -0.1) is 0 Å². The number of amides is 1. The molecule has 0 unspecified atom stereocenters. The molecule has 6 nitrogen and oxygen atoms in total. The quantitative estimate of drug-likeness (QED) is 0.605. The van der Waals surface area contributed by atoms with Gasteiger partial charge in [-0.3, -0.25) is 14.9 Å². The number of carbonyl (C=O) groups excluding carboxylic acids is 1. The fourth-order valence-corrected chi connectivity index (χ4v) is 2.48. The number of nitro groups is 1. The maximum Gasteiger partial charge on any atom is 0.274 e. The van der Waals surface area contributed by atoms with Gasteiger partial charge in [0.15, 0.2) is 0 Å². The molecule has 0 heterocycles. The zero-order valence-corrected chi connectivity index (χ0v) is 13.8. The van der Waals surface area contributed by atoms with Crippen LogP contribution in [0, 0.1) is 24.0 Å². The topological polar surface area (TPSA) is 84.3 Å². The third-order valence-electron chi connectivity index (χ3n) is 3.92. The Morgan fingerprint density at radius 1 is 1.12 bits per heavy atom. The van der Waals surface area contributed by atoms with Crippen LogP contribution in [0.2, 0.25) is 0 Å². The predicted molar refractivity (Wildman–Crippen MR) is 94.2 cm³/mol. The Balaban J connectivity index is 1.83. The van der Waals surface area contributed by atoms with Crippen LogP contribution in [0.25, 0.3) is 0 Å². The SMILES string of the molecule is Cc1ccccc1CCNC(=O)CNc1cccc([N+](=O)[O-])c1C. The van der Waals surface area contributed by atoms with Crippen molar-refractivity contribution in [3.63, 3.8) is 0 Å². The summed E-state index contributed by atoms with van der Waals surface area (Å²) in [4.78, 5) is 22.4. The predicted octanol–water partition coefficient (Wildman–Crippen LogP) is 2.98. The Bertz CT molecular complexity index is 744. The number of hydrogen-bond acceptors (Lipinski definition) is 4. The van der Waals surface area contributed by atoms with Gasteiger partial charge in [-0.1, -0.05) is 30.3 Å². The van der Waals surface area contributed by atoms with Gasteiger partial charge in [0, 0.05) is 23.9 Å². The summed E-state index contributed by atoms with van der Waals surface area (Å²) in [7, 11) is 0. The fraction of sp³-hybridized carbons (Fsp3) is 0.278. The lowest BCUT2D eigenvalue weighted by atomic mass is 10.1. The van der Waals surface area contributed by atoms with Gasteiger partial charge in [0.1, 0.15) is 0 Å². The number of carbonyl (C=O) groups is 1. The summed E-state index contributed by atoms with van der Waals surface area (Å²) in [6.45, 7) is 4.34. The van der Waals surface area contributed by atoms with Crippen LogP contribution >= 0.6 is 0 Å². The van der Waals surface area contributed by atoms with Gasteiger partial charge in [0.25, 0.3) is 5.69 Å². The molecule has 6 heteroatoms. The molecule has 2 N–H and O–H groups in total. The van der Waals surface area contributed by atoms with Crippen molar-refractivity contribution in [3.8, 4) is 0 Å². The summed E-state index contributed by atoms with van der Waals surface area (Å²) in [6.07, 6.45) is 0.772. The molecule has 2 aromatic carbocycles. The standard InChI is InChI=1S/C18H21N3O3/c1-13-6-3-4-7-15(13)10-11-19-18(22)12-20-16-8-5-9-17(14(16)2)21(23)24/h3-9,20H,10-12H2,1-2H3,(H,19,22). The van der Waals surface area contributed by atoms with E-state index in [4.69, 9.17) is 0 Å². The molecule has 1 amide bonds. The lowest BCUT2D eigenvalue weighted by Gasteiger charge is -2.11. The molecule has 0 radical (unpaired) electrons. The minimum atomic E-state index is -0.428. The second-order valence-electron chi connectivity index (χ2n) is 5.59. The number of anilines is 1. The summed E-state index contributed by atoms with van der Waals surface area (Å²) in [5.41, 5.74) is 3.57. The highest BCUT2D eigenvalue weighted by atomic mass is 16.6. The maximum absolute atomic E-state index is 11.9. The summed E-state index contributed by atoms with van der Waals surface area (Å²) in [6, 6.07) is 12.8. The van der Waals surface area contributed by atoms with Crippen molar-refractivity contribution in [1.29, 1.82) is 0 Å². The van der Waals surface area contributed by atoms with E-state index >= 15 is 0 Å². The first-order chi connectivity index (χ1) is 11.5. The van der Waals surface area contributed by atoms with E-state index in [2.05, 4.69) is 10.6 Å². The molecule has 0 aliphatic rings. The molecule has 0 aliphatic heterocycles. The molecule has 0 saturated heterocycles. The van der Waals surface area contributed by atoms with Crippen molar-refractivity contribution in [2.24, 2.45) is 0 Å². The molecule has 0 spiro atoms. The van der Waals surface area contributed by atoms with Crippen LogP contribution in [-0.2, 0) is 11.2 Å². The highest BCUT2D eigenvalue weighted by Gasteiger charge is 2.13. The van der Waals surface area contributed by atoms with E-state index in [-0.39, 0.29) is 18.1 Å². The van der Waals surface area contributed by atoms with E-state index < -0.39 is 4.92 Å². The van der Waals surface area contributed by atoms with Crippen molar-refractivity contribution in [1.82, 2.24) is 5.32 Å². The van der Waals surface area contributed by atoms with Gasteiger partial charge in [0.2, 0.25) is 5.91 Å². The van der Waals surface area contributed by atoms with Gasteiger partial charge < -0.3 is 10.6 Å². The Labute approximate surface area is 141 Å². The van der Waals surface area contributed by atoms with Gasteiger partial charge in [0.05, 0.1) is 11.5 Å². The number of benzene rings is 2. The summed E-state index contributed by atoms with van der Waals surface area (Å²) in [5, 5.41) is 16.7. The number of nitrogens with zero attached hydrogens (tertiary/aromatic N) is 1. The van der Waals surface area contributed by atoms with E-state index in [0.29, 0.717) is 17.8 Å². The smallest absolute Gasteiger partial charge is 0.274 e. The first-order valence-electron chi connectivity index (χ1n) is 7.78. The van der Waals surface area contributed by atoms with Gasteiger partial charge in [-0.2, -0.15) is 0 Å². The zero-order chi connectivity index (χ0) is 17.5. The van der Waals surface area contributed by atoms with Gasteiger partial charge in [-0.25, -0.2) is 0 Å². The van der Waals surface area contributed by atoms with Crippen LogP contribution in [0.3, 0.4) is 0 Å². The molecule has 24 heavy (non-hydrogen) atoms. The third kappa shape index (κ3) is 4.55. The Kier molecular flexibility index (Phi) is 5.89. The molecule has 0 fully saturated rings. The molecule has 2 rings (SSSR count). The average Bonchev–Trinajstić information content (AvgIpc) is 2.55. The fourth-order valence-electron chi connectivity index (χ4n) is 2.48. The minimum absolute atomic E-state index is 0.0416. The number of nitro benzene ring substituents is 1. The van der Waals surface area contributed by atoms with Crippen molar-refractivity contribution in [2.45, 2.75) is 20.3 Å². The number of aryl methyl sites for hydroxylation is 1. The zero-order valence-electron chi connectivity index (χ0n) is 13.8. The summed E-state index contributed by atoms with van der Waals surface area (Å²) in [5.74, 6) is -0.144. The molecule has 0 aromatic heterocycles. The monoisotopic (exact) mass is 327 g/mol. The number of nitrogens with one attached hydrogen (secondary N) is 2. The van der Waals surface area contributed by atoms with Crippen LogP contribution in [0.4, 0.5) is 11.4 Å². The average molecular weight is 327 g/mol. The van der Waals surface area contributed by atoms with Crippen molar-refractivity contribution in [3.05, 3.63) is 69.3 Å². The molecule has 0 aliphatic carbocycles. The van der Waals surface area contributed by atoms with Crippen molar-refractivity contribution in [2.75, 3.05) is 18.4 Å². The third-order valence-corrected chi connectivity index (χ3v) is 3.92. The van der Waals surface area contributed by atoms with Crippen LogP contribution in [0.5, 0.6) is 0 Å². The van der Waals surface area contributed by atoms with Crippen molar-refractivity contribution >= 4 is 17.3 Å². The first kappa shape index (κ1) is 17.5. The number of rotatable bonds is 7. The highest BCUT2D eigenvalue weighted by Crippen LogP contribution is 2.24. The van der Waals surface area contributed by atoms with E-state index in [0.717, 1.165) is 6.42 Å². The Morgan fingerprint density at radius 2 is 1.88 bits per heavy atom. The molecule has 126 valence electrons. The van der Waals surface area contributed by atoms with Gasteiger partial charge >= 0.3 is 0 Å². The first-order valence-corrected chi connectivity index (χ1v) is 7.78. The van der Waals surface area contributed by atoms with Crippen molar-refractivity contribution < 1.29 is 9.72 Å². The van der Waals surface area contributed by atoms with E-state index in [1.807, 2.05) is 31.2 Å². The minimum Gasteiger partial charge on any atom is -0.376 e. The van der Waals surface area contributed by atoms with Crippen LogP contribution in [0.15, 0.2) is 42.5 Å². The summed E-state index contributed by atoms with van der Waals surface area (Å²) >= 11 is 0. The lowest BCUT2D eigenvalue weighted by Crippen LogP contribution is -2.31. The molecule has 0 bridgehead atoms. The second kappa shape index (κ2) is 8.10. The normalized spacial score (nSPS) is 10.2.